The van der Waals surface area contributed by atoms with E-state index in [9.17, 15) is 13.2 Å². The number of hydrogen-bond acceptors (Lipinski definition) is 4. The maximum Gasteiger partial charge on any atom is 0.401 e. The summed E-state index contributed by atoms with van der Waals surface area (Å²) in [7, 11) is 4.53. The zero-order valence-corrected chi connectivity index (χ0v) is 17.4. The molecule has 0 aliphatic heterocycles. The number of likely N-dealkylation sites (N-methyl/N-ethyl adjacent to an activating group) is 1. The van der Waals surface area contributed by atoms with Gasteiger partial charge in [-0.05, 0) is 31.2 Å². The van der Waals surface area contributed by atoms with Crippen molar-refractivity contribution in [2.75, 3.05) is 47.4 Å². The van der Waals surface area contributed by atoms with Crippen LogP contribution in [0.2, 0.25) is 0 Å². The zero-order valence-electron chi connectivity index (χ0n) is 15.1. The van der Waals surface area contributed by atoms with E-state index >= 15 is 0 Å². The Morgan fingerprint density at radius 1 is 1.23 bits per heavy atom. The molecule has 0 aliphatic carbocycles. The number of nitrogens with one attached hydrogen (secondary N) is 1. The van der Waals surface area contributed by atoms with Crippen LogP contribution in [-0.2, 0) is 6.42 Å². The number of ether oxygens (including phenoxy) is 2. The second-order valence-electron chi connectivity index (χ2n) is 5.49. The molecule has 26 heavy (non-hydrogen) atoms. The third-order valence-corrected chi connectivity index (χ3v) is 3.38. The summed E-state index contributed by atoms with van der Waals surface area (Å²) in [6.45, 7) is -0.0439. The first-order valence-corrected chi connectivity index (χ1v) is 7.75. The molecule has 0 fully saturated rings. The molecule has 0 saturated carbocycles. The summed E-state index contributed by atoms with van der Waals surface area (Å²) in [5.74, 6) is 1.51. The van der Waals surface area contributed by atoms with Gasteiger partial charge in [0.05, 0.1) is 27.3 Å². The lowest BCUT2D eigenvalue weighted by molar-refractivity contribution is -0.142. The van der Waals surface area contributed by atoms with E-state index < -0.39 is 12.7 Å². The second kappa shape index (κ2) is 12.0. The summed E-state index contributed by atoms with van der Waals surface area (Å²) in [6.07, 6.45) is -3.52. The van der Waals surface area contributed by atoms with Gasteiger partial charge in [-0.25, -0.2) is 0 Å². The van der Waals surface area contributed by atoms with Crippen molar-refractivity contribution < 1.29 is 22.6 Å². The van der Waals surface area contributed by atoms with Crippen molar-refractivity contribution in [1.82, 2.24) is 10.2 Å². The molecule has 1 rings (SSSR count). The molecule has 1 aromatic rings. The highest BCUT2D eigenvalue weighted by Gasteiger charge is 2.28. The Morgan fingerprint density at radius 2 is 1.88 bits per heavy atom. The quantitative estimate of drug-likeness (QED) is 0.316. The third-order valence-electron chi connectivity index (χ3n) is 3.38. The zero-order chi connectivity index (χ0) is 18.9. The summed E-state index contributed by atoms with van der Waals surface area (Å²) < 4.78 is 47.0. The molecule has 0 bridgehead atoms. The number of halogens is 4. The minimum absolute atomic E-state index is 0. The number of hydrogen-bond donors (Lipinski definition) is 2. The van der Waals surface area contributed by atoms with E-state index in [0.717, 1.165) is 10.5 Å². The van der Waals surface area contributed by atoms with E-state index in [4.69, 9.17) is 15.2 Å². The molecule has 0 unspecified atom stereocenters. The van der Waals surface area contributed by atoms with Crippen LogP contribution in [0.15, 0.2) is 23.2 Å². The van der Waals surface area contributed by atoms with Gasteiger partial charge in [-0.15, -0.1) is 24.0 Å². The Labute approximate surface area is 168 Å². The van der Waals surface area contributed by atoms with Crippen LogP contribution in [0.3, 0.4) is 0 Å². The van der Waals surface area contributed by atoms with Crippen molar-refractivity contribution >= 4 is 29.9 Å². The summed E-state index contributed by atoms with van der Waals surface area (Å²) >= 11 is 0. The predicted octanol–water partition coefficient (Wildman–Crippen LogP) is 2.26. The van der Waals surface area contributed by atoms with Crippen molar-refractivity contribution in [2.24, 2.45) is 10.7 Å². The molecule has 0 spiro atoms. The number of methoxy groups -OCH3 is 2. The van der Waals surface area contributed by atoms with Crippen molar-refractivity contribution in [3.8, 4) is 11.5 Å². The molecule has 0 saturated heterocycles. The van der Waals surface area contributed by atoms with Gasteiger partial charge in [0.15, 0.2) is 17.5 Å². The van der Waals surface area contributed by atoms with E-state index in [1.54, 1.807) is 14.2 Å². The number of aliphatic imine (C=N–C) groups is 1. The van der Waals surface area contributed by atoms with Gasteiger partial charge in [0.25, 0.3) is 0 Å². The van der Waals surface area contributed by atoms with E-state index in [2.05, 4.69) is 10.3 Å². The minimum atomic E-state index is -4.21. The number of rotatable bonds is 9. The van der Waals surface area contributed by atoms with Crippen LogP contribution in [-0.4, -0.2) is 64.5 Å². The first-order valence-electron chi connectivity index (χ1n) is 7.75. The number of guanidine groups is 1. The number of benzene rings is 1. The molecule has 0 radical (unpaired) electrons. The summed E-state index contributed by atoms with van der Waals surface area (Å²) in [4.78, 5) is 5.17. The van der Waals surface area contributed by atoms with Gasteiger partial charge in [0, 0.05) is 13.1 Å². The van der Waals surface area contributed by atoms with Gasteiger partial charge in [-0.3, -0.25) is 9.89 Å². The van der Waals surface area contributed by atoms with Crippen LogP contribution in [0.1, 0.15) is 5.56 Å². The molecular weight excluding hydrogens is 464 g/mol. The molecule has 0 aromatic heterocycles. The van der Waals surface area contributed by atoms with Gasteiger partial charge >= 0.3 is 6.18 Å². The maximum absolute atomic E-state index is 12.2. The normalized spacial score (nSPS) is 11.9. The Balaban J connectivity index is 0.00000625. The van der Waals surface area contributed by atoms with Crippen molar-refractivity contribution in [3.05, 3.63) is 23.8 Å². The summed E-state index contributed by atoms with van der Waals surface area (Å²) in [5, 5.41) is 2.93. The second-order valence-corrected chi connectivity index (χ2v) is 5.49. The van der Waals surface area contributed by atoms with Crippen molar-refractivity contribution in [1.29, 1.82) is 0 Å². The standard InChI is InChI=1S/C16H25F3N4O2.HI/c1-23(11-16(17,18)19)9-8-22-15(20)21-7-6-12-4-5-13(24-2)14(10-12)25-3;/h4-5,10H,6-9,11H2,1-3H3,(H3,20,21,22);1H. The Hall–Kier alpha value is -1.43. The fourth-order valence-corrected chi connectivity index (χ4v) is 2.15. The fraction of sp³-hybridized carbons (Fsp3) is 0.562. The molecule has 0 aliphatic rings. The average molecular weight is 490 g/mol. The Morgan fingerprint density at radius 3 is 2.46 bits per heavy atom. The lowest BCUT2D eigenvalue weighted by Gasteiger charge is -2.17. The third kappa shape index (κ3) is 9.90. The SMILES string of the molecule is COc1ccc(CCNC(N)=NCCN(C)CC(F)(F)F)cc1OC.I. The lowest BCUT2D eigenvalue weighted by Crippen LogP contribution is -2.35. The Bertz CT molecular complexity index is 571. The predicted molar refractivity (Wildman–Crippen MR) is 107 cm³/mol. The summed E-state index contributed by atoms with van der Waals surface area (Å²) in [6, 6.07) is 5.62. The van der Waals surface area contributed by atoms with Crippen LogP contribution >= 0.6 is 24.0 Å². The number of nitrogens with two attached hydrogens (primary N) is 1. The van der Waals surface area contributed by atoms with Crippen LogP contribution in [0.25, 0.3) is 0 Å². The molecule has 150 valence electrons. The molecule has 0 amide bonds. The highest BCUT2D eigenvalue weighted by molar-refractivity contribution is 14.0. The van der Waals surface area contributed by atoms with E-state index in [1.165, 1.54) is 7.05 Å². The van der Waals surface area contributed by atoms with Gasteiger partial charge < -0.3 is 20.5 Å². The molecule has 6 nitrogen and oxygen atoms in total. The Kier molecular flexibility index (Phi) is 11.4. The van der Waals surface area contributed by atoms with Gasteiger partial charge in [0.2, 0.25) is 0 Å². The fourth-order valence-electron chi connectivity index (χ4n) is 2.15. The van der Waals surface area contributed by atoms with E-state index in [1.807, 2.05) is 18.2 Å². The monoisotopic (exact) mass is 490 g/mol. The number of nitrogens with zero attached hydrogens (tertiary/aromatic N) is 2. The first kappa shape index (κ1) is 24.6. The van der Waals surface area contributed by atoms with Crippen molar-refractivity contribution in [2.45, 2.75) is 12.6 Å². The number of alkyl halides is 3. The van der Waals surface area contributed by atoms with Crippen LogP contribution in [0.4, 0.5) is 13.2 Å². The molecule has 1 aromatic carbocycles. The highest BCUT2D eigenvalue weighted by atomic mass is 127. The lowest BCUT2D eigenvalue weighted by atomic mass is 10.1. The molecule has 0 heterocycles. The summed E-state index contributed by atoms with van der Waals surface area (Å²) in [5.41, 5.74) is 6.74. The smallest absolute Gasteiger partial charge is 0.401 e. The average Bonchev–Trinajstić information content (AvgIpc) is 2.53. The molecule has 3 N–H and O–H groups in total. The van der Waals surface area contributed by atoms with Gasteiger partial charge in [-0.2, -0.15) is 13.2 Å². The van der Waals surface area contributed by atoms with E-state index in [-0.39, 0.29) is 43.0 Å². The van der Waals surface area contributed by atoms with Gasteiger partial charge in [0.1, 0.15) is 0 Å². The largest absolute Gasteiger partial charge is 0.493 e. The minimum Gasteiger partial charge on any atom is -0.493 e. The first-order chi connectivity index (χ1) is 11.7. The van der Waals surface area contributed by atoms with Crippen LogP contribution < -0.4 is 20.5 Å². The van der Waals surface area contributed by atoms with Crippen LogP contribution in [0, 0.1) is 0 Å². The van der Waals surface area contributed by atoms with Crippen LogP contribution in [0.5, 0.6) is 11.5 Å². The van der Waals surface area contributed by atoms with Gasteiger partial charge in [-0.1, -0.05) is 6.07 Å². The van der Waals surface area contributed by atoms with Crippen molar-refractivity contribution in [3.63, 3.8) is 0 Å². The van der Waals surface area contributed by atoms with E-state index in [0.29, 0.717) is 24.5 Å². The maximum atomic E-state index is 12.2. The molecular formula is C16H26F3IN4O2. The topological polar surface area (TPSA) is 72.1 Å². The highest BCUT2D eigenvalue weighted by Crippen LogP contribution is 2.27. The molecule has 0 atom stereocenters. The molecule has 10 heteroatoms.